The minimum Gasteiger partial charge on any atom is -0.205 e. The van der Waals surface area contributed by atoms with Crippen LogP contribution >= 0.6 is 0 Å². The van der Waals surface area contributed by atoms with E-state index in [0.717, 1.165) is 0 Å². The van der Waals surface area contributed by atoms with Crippen molar-refractivity contribution in [1.82, 2.24) is 0 Å². The van der Waals surface area contributed by atoms with E-state index in [2.05, 4.69) is 0 Å². The van der Waals surface area contributed by atoms with Crippen LogP contribution in [0.4, 0.5) is 13.2 Å². The summed E-state index contributed by atoms with van der Waals surface area (Å²) in [5.41, 5.74) is -3.23. The van der Waals surface area contributed by atoms with Crippen molar-refractivity contribution >= 4 is 11.1 Å². The molecule has 0 unspecified atom stereocenters. The number of benzene rings is 1. The quantitative estimate of drug-likeness (QED) is 0.637. The Labute approximate surface area is 115 Å². The first kappa shape index (κ1) is 15.3. The van der Waals surface area contributed by atoms with E-state index in [-0.39, 0.29) is 0 Å². The highest BCUT2D eigenvalue weighted by Gasteiger charge is 2.22. The molecule has 98 valence electrons. The number of halogens is 3. The zero-order valence-corrected chi connectivity index (χ0v) is 9.87. The molecule has 0 aromatic heterocycles. The molecule has 0 bridgehead atoms. The number of nitriles is 5. The number of hydrogen-bond donors (Lipinski definition) is 0. The van der Waals surface area contributed by atoms with Gasteiger partial charge in [-0.2, -0.15) is 26.3 Å². The lowest BCUT2D eigenvalue weighted by molar-refractivity contribution is 0.478. The summed E-state index contributed by atoms with van der Waals surface area (Å²) in [4.78, 5) is 0. The van der Waals surface area contributed by atoms with E-state index in [4.69, 9.17) is 26.3 Å². The maximum atomic E-state index is 14.0. The summed E-state index contributed by atoms with van der Waals surface area (Å²) in [6.07, 6.45) is 0. The fourth-order valence-electron chi connectivity index (χ4n) is 1.49. The lowest BCUT2D eigenvalue weighted by Crippen LogP contribution is -2.30. The maximum Gasteiger partial charge on any atom is 0.171 e. The molecule has 0 saturated heterocycles. The number of nitrogens with zero attached hydrogens (tertiary/aromatic N) is 5. The molecule has 5 nitrogen and oxygen atoms in total. The highest BCUT2D eigenvalue weighted by atomic mass is 19.2. The van der Waals surface area contributed by atoms with Gasteiger partial charge in [0.05, 0.1) is 10.4 Å². The minimum absolute atomic E-state index is 1.01. The fraction of sp³-hybridized carbons (Fsp3) is 0. The van der Waals surface area contributed by atoms with E-state index in [1.807, 2.05) is 0 Å². The van der Waals surface area contributed by atoms with Crippen LogP contribution in [0, 0.1) is 74.1 Å². The normalized spacial score (nSPS) is 8.48. The van der Waals surface area contributed by atoms with Crippen LogP contribution in [0.1, 0.15) is 5.56 Å². The van der Waals surface area contributed by atoms with Gasteiger partial charge < -0.3 is 0 Å². The third-order valence-corrected chi connectivity index (χ3v) is 2.38. The standard InChI is InChI=1S/C13F3N5/c14-11-8(5-21)9(6(1-17)2-18)12(15)13(16)10(11)7(3-19)4-20. The number of rotatable bonds is 0. The molecule has 0 aliphatic heterocycles. The molecule has 0 spiro atoms. The molecule has 0 saturated carbocycles. The van der Waals surface area contributed by atoms with Crippen molar-refractivity contribution in [2.75, 3.05) is 0 Å². The molecule has 8 heteroatoms. The number of hydrogen-bond acceptors (Lipinski definition) is 5. The summed E-state index contributed by atoms with van der Waals surface area (Å²) in [6.45, 7) is 0. The lowest BCUT2D eigenvalue weighted by Gasteiger charge is -2.02. The second-order valence-electron chi connectivity index (χ2n) is 3.38. The average molecular weight is 283 g/mol. The molecular formula is C13F3N5. The molecule has 0 N–H and O–H groups in total. The molecule has 0 atom stereocenters. The van der Waals surface area contributed by atoms with Crippen LogP contribution in [0.3, 0.4) is 0 Å². The van der Waals surface area contributed by atoms with Gasteiger partial charge in [-0.1, -0.05) is 0 Å². The Kier molecular flexibility index (Phi) is 4.28. The van der Waals surface area contributed by atoms with E-state index in [9.17, 15) is 13.2 Å². The van der Waals surface area contributed by atoms with Crippen molar-refractivity contribution in [3.05, 3.63) is 33.5 Å². The molecule has 21 heavy (non-hydrogen) atoms. The van der Waals surface area contributed by atoms with Crippen LogP contribution in [-0.4, -0.2) is 0 Å². The summed E-state index contributed by atoms with van der Waals surface area (Å²) in [7, 11) is 0. The minimum atomic E-state index is -1.93. The molecular weight excluding hydrogens is 283 g/mol. The van der Waals surface area contributed by atoms with Gasteiger partial charge in [-0.25, -0.2) is 13.2 Å². The van der Waals surface area contributed by atoms with Crippen LogP contribution in [0.2, 0.25) is 0 Å². The third-order valence-electron chi connectivity index (χ3n) is 2.38. The van der Waals surface area contributed by atoms with Crippen molar-refractivity contribution in [3.63, 3.8) is 0 Å². The van der Waals surface area contributed by atoms with Crippen LogP contribution < -0.4 is 10.4 Å². The van der Waals surface area contributed by atoms with Gasteiger partial charge in [0.1, 0.15) is 47.1 Å². The topological polar surface area (TPSA) is 119 Å². The molecule has 0 aliphatic rings. The Morgan fingerprint density at radius 3 is 1.38 bits per heavy atom. The van der Waals surface area contributed by atoms with Crippen molar-refractivity contribution < 1.29 is 13.2 Å². The van der Waals surface area contributed by atoms with Crippen LogP contribution in [0.25, 0.3) is 11.1 Å². The maximum absolute atomic E-state index is 14.0. The van der Waals surface area contributed by atoms with Gasteiger partial charge >= 0.3 is 0 Å². The van der Waals surface area contributed by atoms with Crippen LogP contribution in [0.15, 0.2) is 0 Å². The van der Waals surface area contributed by atoms with Gasteiger partial charge in [-0.05, 0) is 0 Å². The summed E-state index contributed by atoms with van der Waals surface area (Å²) < 4.78 is 41.8. The molecule has 0 heterocycles. The second-order valence-corrected chi connectivity index (χ2v) is 3.38. The zero-order chi connectivity index (χ0) is 16.2. The first-order valence-corrected chi connectivity index (χ1v) is 4.93. The Morgan fingerprint density at radius 2 is 1.00 bits per heavy atom. The first-order valence-electron chi connectivity index (χ1n) is 4.93. The SMILES string of the molecule is N#CC(C#N)=c1c(F)c(F)c(=C(C#N)C#N)c(C#N)c1F. The predicted octanol–water partition coefficient (Wildman–Crippen LogP) is 0.371. The Bertz CT molecular complexity index is 940. The summed E-state index contributed by atoms with van der Waals surface area (Å²) in [5, 5.41) is 40.8. The van der Waals surface area contributed by atoms with Gasteiger partial charge in [0.2, 0.25) is 0 Å². The van der Waals surface area contributed by atoms with Gasteiger partial charge in [0.25, 0.3) is 0 Å². The third kappa shape index (κ3) is 2.24. The molecule has 0 fully saturated rings. The highest BCUT2D eigenvalue weighted by molar-refractivity contribution is 5.76. The van der Waals surface area contributed by atoms with Crippen LogP contribution in [0.5, 0.6) is 0 Å². The van der Waals surface area contributed by atoms with Crippen molar-refractivity contribution in [1.29, 1.82) is 26.3 Å². The van der Waals surface area contributed by atoms with Gasteiger partial charge in [0, 0.05) is 0 Å². The van der Waals surface area contributed by atoms with E-state index in [1.165, 1.54) is 30.3 Å². The molecule has 0 radical (unpaired) electrons. The Balaban J connectivity index is 4.48. The molecule has 0 amide bonds. The van der Waals surface area contributed by atoms with Crippen molar-refractivity contribution in [2.24, 2.45) is 0 Å². The van der Waals surface area contributed by atoms with Gasteiger partial charge in [-0.15, -0.1) is 0 Å². The smallest absolute Gasteiger partial charge is 0.171 e. The zero-order valence-electron chi connectivity index (χ0n) is 9.87. The highest BCUT2D eigenvalue weighted by Crippen LogP contribution is 2.07. The van der Waals surface area contributed by atoms with Gasteiger partial charge in [-0.3, -0.25) is 0 Å². The van der Waals surface area contributed by atoms with Crippen molar-refractivity contribution in [2.45, 2.75) is 0 Å². The van der Waals surface area contributed by atoms with E-state index in [1.54, 1.807) is 0 Å². The van der Waals surface area contributed by atoms with E-state index in [0.29, 0.717) is 0 Å². The fourth-order valence-corrected chi connectivity index (χ4v) is 1.49. The molecule has 1 rings (SSSR count). The molecule has 1 aromatic rings. The monoisotopic (exact) mass is 283 g/mol. The van der Waals surface area contributed by atoms with Crippen LogP contribution in [-0.2, 0) is 0 Å². The summed E-state index contributed by atoms with van der Waals surface area (Å²) in [6, 6.07) is 5.94. The second kappa shape index (κ2) is 5.89. The largest absolute Gasteiger partial charge is 0.205 e. The summed E-state index contributed by atoms with van der Waals surface area (Å²) in [5.74, 6) is -5.47. The average Bonchev–Trinajstić information content (AvgIpc) is 2.49. The van der Waals surface area contributed by atoms with Gasteiger partial charge in [0.15, 0.2) is 17.5 Å². The summed E-state index contributed by atoms with van der Waals surface area (Å²) >= 11 is 0. The van der Waals surface area contributed by atoms with E-state index >= 15 is 0 Å². The predicted molar refractivity (Wildman–Crippen MR) is 59.5 cm³/mol. The van der Waals surface area contributed by atoms with Crippen molar-refractivity contribution in [3.8, 4) is 30.3 Å². The molecule has 1 aromatic carbocycles. The molecule has 0 aliphatic carbocycles. The first-order chi connectivity index (χ1) is 9.98. The lowest BCUT2D eigenvalue weighted by atomic mass is 10.0. The Hall–Kier alpha value is -3.80. The van der Waals surface area contributed by atoms with E-state index < -0.39 is 44.6 Å². The Morgan fingerprint density at radius 1 is 0.619 bits per heavy atom.